The zero-order chi connectivity index (χ0) is 10.9. The van der Waals surface area contributed by atoms with E-state index in [-0.39, 0.29) is 5.92 Å². The van der Waals surface area contributed by atoms with E-state index in [1.807, 2.05) is 11.8 Å². The summed E-state index contributed by atoms with van der Waals surface area (Å²) in [6, 6.07) is 0. The number of nitrogens with zero attached hydrogens (tertiary/aromatic N) is 1. The summed E-state index contributed by atoms with van der Waals surface area (Å²) in [4.78, 5) is 14.0. The van der Waals surface area contributed by atoms with Crippen molar-refractivity contribution in [3.05, 3.63) is 0 Å². The Hall–Kier alpha value is -0.570. The number of carbonyl (C=O) groups excluding carboxylic acids is 1. The average Bonchev–Trinajstić information content (AvgIpc) is 2.25. The molecule has 0 aliphatic carbocycles. The molecule has 0 saturated carbocycles. The Kier molecular flexibility index (Phi) is 3.01. The number of hydrogen-bond donors (Lipinski definition) is 0. The molecule has 86 valence electrons. The molecule has 0 aromatic carbocycles. The highest BCUT2D eigenvalue weighted by Gasteiger charge is 2.42. The van der Waals surface area contributed by atoms with E-state index in [1.165, 1.54) is 0 Å². The van der Waals surface area contributed by atoms with Gasteiger partial charge in [0.25, 0.3) is 0 Å². The Labute approximate surface area is 91.8 Å². The minimum Gasteiger partial charge on any atom is -0.380 e. The highest BCUT2D eigenvalue weighted by molar-refractivity contribution is 5.78. The summed E-state index contributed by atoms with van der Waals surface area (Å²) in [5.74, 6) is 0.532. The van der Waals surface area contributed by atoms with E-state index in [1.54, 1.807) is 0 Å². The van der Waals surface area contributed by atoms with Crippen LogP contribution >= 0.6 is 0 Å². The van der Waals surface area contributed by atoms with Crippen LogP contribution in [0.25, 0.3) is 0 Å². The van der Waals surface area contributed by atoms with Gasteiger partial charge in [0.1, 0.15) is 0 Å². The zero-order valence-electron chi connectivity index (χ0n) is 9.79. The molecule has 1 unspecified atom stereocenters. The highest BCUT2D eigenvalue weighted by atomic mass is 16.5. The maximum atomic E-state index is 11.9. The van der Waals surface area contributed by atoms with E-state index in [4.69, 9.17) is 4.74 Å². The number of carbonyl (C=O) groups is 1. The minimum atomic E-state index is 0.191. The molecule has 15 heavy (non-hydrogen) atoms. The van der Waals surface area contributed by atoms with Crippen molar-refractivity contribution in [1.29, 1.82) is 0 Å². The van der Waals surface area contributed by atoms with Gasteiger partial charge in [0.15, 0.2) is 0 Å². The van der Waals surface area contributed by atoms with Gasteiger partial charge >= 0.3 is 0 Å². The highest BCUT2D eigenvalue weighted by Crippen LogP contribution is 2.38. The fourth-order valence-electron chi connectivity index (χ4n) is 2.37. The van der Waals surface area contributed by atoms with E-state index < -0.39 is 0 Å². The molecule has 3 heteroatoms. The monoisotopic (exact) mass is 211 g/mol. The zero-order valence-corrected chi connectivity index (χ0v) is 9.79. The molecule has 3 nitrogen and oxygen atoms in total. The van der Waals surface area contributed by atoms with Crippen LogP contribution in [-0.2, 0) is 9.53 Å². The van der Waals surface area contributed by atoms with Gasteiger partial charge in [-0.1, -0.05) is 13.8 Å². The van der Waals surface area contributed by atoms with Crippen LogP contribution < -0.4 is 0 Å². The summed E-state index contributed by atoms with van der Waals surface area (Å²) in [7, 11) is 0. The number of piperidine rings is 1. The lowest BCUT2D eigenvalue weighted by Crippen LogP contribution is -2.52. The number of rotatable bonds is 2. The summed E-state index contributed by atoms with van der Waals surface area (Å²) < 4.78 is 5.28. The van der Waals surface area contributed by atoms with Gasteiger partial charge in [-0.2, -0.15) is 0 Å². The number of likely N-dealkylation sites (tertiary alicyclic amines) is 1. The Morgan fingerprint density at radius 2 is 2.00 bits per heavy atom. The van der Waals surface area contributed by atoms with Gasteiger partial charge in [-0.25, -0.2) is 0 Å². The summed E-state index contributed by atoms with van der Waals surface area (Å²) in [6.45, 7) is 7.81. The first-order chi connectivity index (χ1) is 7.17. The van der Waals surface area contributed by atoms with Crippen molar-refractivity contribution in [2.45, 2.75) is 33.1 Å². The van der Waals surface area contributed by atoms with E-state index >= 15 is 0 Å². The van der Waals surface area contributed by atoms with Gasteiger partial charge in [0.05, 0.1) is 13.2 Å². The van der Waals surface area contributed by atoms with Crippen molar-refractivity contribution in [3.8, 4) is 0 Å². The van der Waals surface area contributed by atoms with E-state index in [0.29, 0.717) is 11.3 Å². The van der Waals surface area contributed by atoms with Gasteiger partial charge in [-0.15, -0.1) is 0 Å². The van der Waals surface area contributed by atoms with Crippen molar-refractivity contribution in [2.75, 3.05) is 26.3 Å². The quantitative estimate of drug-likeness (QED) is 0.695. The van der Waals surface area contributed by atoms with Crippen LogP contribution in [0.15, 0.2) is 0 Å². The third-order valence-electron chi connectivity index (χ3n) is 3.99. The molecule has 1 amide bonds. The molecule has 2 aliphatic heterocycles. The molecular weight excluding hydrogens is 190 g/mol. The molecule has 1 atom stereocenters. The maximum Gasteiger partial charge on any atom is 0.225 e. The molecule has 0 radical (unpaired) electrons. The maximum absolute atomic E-state index is 11.9. The Morgan fingerprint density at radius 3 is 2.40 bits per heavy atom. The van der Waals surface area contributed by atoms with E-state index in [2.05, 4.69) is 6.92 Å². The fraction of sp³-hybridized carbons (Fsp3) is 0.917. The second-order valence-corrected chi connectivity index (χ2v) is 5.13. The molecular formula is C12H21NO2. The van der Waals surface area contributed by atoms with Crippen LogP contribution in [-0.4, -0.2) is 37.1 Å². The van der Waals surface area contributed by atoms with Crippen molar-refractivity contribution < 1.29 is 9.53 Å². The van der Waals surface area contributed by atoms with Gasteiger partial charge < -0.3 is 9.64 Å². The lowest BCUT2D eigenvalue weighted by atomic mass is 9.76. The predicted molar refractivity (Wildman–Crippen MR) is 58.5 cm³/mol. The molecule has 0 N–H and O–H groups in total. The molecule has 0 bridgehead atoms. The third kappa shape index (κ3) is 2.03. The van der Waals surface area contributed by atoms with Crippen LogP contribution in [0, 0.1) is 11.3 Å². The molecule has 2 saturated heterocycles. The first-order valence-electron chi connectivity index (χ1n) is 6.03. The third-order valence-corrected chi connectivity index (χ3v) is 3.99. The standard InChI is InChI=1S/C12H21NO2/c1-3-10(2)11(14)13-6-4-12(5-7-13)8-15-9-12/h10H,3-9H2,1-2H3. The number of ether oxygens (including phenoxy) is 1. The number of amides is 1. The summed E-state index contributed by atoms with van der Waals surface area (Å²) in [5.41, 5.74) is 0.437. The molecule has 2 rings (SSSR count). The van der Waals surface area contributed by atoms with Gasteiger partial charge in [-0.3, -0.25) is 4.79 Å². The van der Waals surface area contributed by atoms with Crippen molar-refractivity contribution in [2.24, 2.45) is 11.3 Å². The lowest BCUT2D eigenvalue weighted by molar-refractivity contribution is -0.155. The van der Waals surface area contributed by atoms with E-state index in [9.17, 15) is 4.79 Å². The van der Waals surface area contributed by atoms with E-state index in [0.717, 1.165) is 45.6 Å². The summed E-state index contributed by atoms with van der Waals surface area (Å²) >= 11 is 0. The molecule has 2 heterocycles. The average molecular weight is 211 g/mol. The smallest absolute Gasteiger partial charge is 0.225 e. The van der Waals surface area contributed by atoms with Crippen LogP contribution in [0.4, 0.5) is 0 Å². The summed E-state index contributed by atoms with van der Waals surface area (Å²) in [5, 5.41) is 0. The first-order valence-corrected chi connectivity index (χ1v) is 6.03. The molecule has 2 aliphatic rings. The van der Waals surface area contributed by atoms with Crippen LogP contribution in [0.3, 0.4) is 0 Å². The van der Waals surface area contributed by atoms with Gasteiger partial charge in [0.2, 0.25) is 5.91 Å². The normalized spacial score (nSPS) is 26.1. The second kappa shape index (κ2) is 4.12. The lowest BCUT2D eigenvalue weighted by Gasteiger charge is -2.47. The van der Waals surface area contributed by atoms with Crippen molar-refractivity contribution >= 4 is 5.91 Å². The van der Waals surface area contributed by atoms with Crippen molar-refractivity contribution in [1.82, 2.24) is 4.90 Å². The summed E-state index contributed by atoms with van der Waals surface area (Å²) in [6.07, 6.45) is 3.22. The Bertz CT molecular complexity index is 238. The van der Waals surface area contributed by atoms with Gasteiger partial charge in [-0.05, 0) is 19.3 Å². The van der Waals surface area contributed by atoms with Gasteiger partial charge in [0, 0.05) is 24.4 Å². The van der Waals surface area contributed by atoms with Crippen molar-refractivity contribution in [3.63, 3.8) is 0 Å². The minimum absolute atomic E-state index is 0.191. The molecule has 1 spiro atoms. The SMILES string of the molecule is CCC(C)C(=O)N1CCC2(CC1)COC2. The topological polar surface area (TPSA) is 29.5 Å². The molecule has 0 aromatic rings. The predicted octanol–water partition coefficient (Wildman–Crippen LogP) is 1.67. The van der Waals surface area contributed by atoms with Crippen LogP contribution in [0.5, 0.6) is 0 Å². The second-order valence-electron chi connectivity index (χ2n) is 5.13. The molecule has 0 aromatic heterocycles. The molecule has 2 fully saturated rings. The van der Waals surface area contributed by atoms with Crippen LogP contribution in [0.1, 0.15) is 33.1 Å². The number of hydrogen-bond acceptors (Lipinski definition) is 2. The van der Waals surface area contributed by atoms with Crippen LogP contribution in [0.2, 0.25) is 0 Å². The largest absolute Gasteiger partial charge is 0.380 e. The Balaban J connectivity index is 1.85. The fourth-order valence-corrected chi connectivity index (χ4v) is 2.37. The Morgan fingerprint density at radius 1 is 1.40 bits per heavy atom. The first kappa shape index (κ1) is 10.9.